The van der Waals surface area contributed by atoms with Gasteiger partial charge in [-0.25, -0.2) is 9.37 Å². The molecule has 3 aromatic rings. The highest BCUT2D eigenvalue weighted by Crippen LogP contribution is 2.27. The molecule has 1 amide bonds. The Kier molecular flexibility index (Phi) is 3.00. The summed E-state index contributed by atoms with van der Waals surface area (Å²) < 4.78 is 14.3. The minimum absolute atomic E-state index is 0.225. The molecule has 0 spiro atoms. The van der Waals surface area contributed by atoms with Crippen molar-refractivity contribution in [1.29, 1.82) is 0 Å². The van der Waals surface area contributed by atoms with Crippen molar-refractivity contribution < 1.29 is 9.18 Å². The van der Waals surface area contributed by atoms with Gasteiger partial charge in [0.15, 0.2) is 0 Å². The van der Waals surface area contributed by atoms with E-state index in [9.17, 15) is 9.18 Å². The van der Waals surface area contributed by atoms with Crippen LogP contribution in [0, 0.1) is 5.82 Å². The Bertz CT molecular complexity index is 721. The maximum absolute atomic E-state index is 13.5. The number of aromatic nitrogens is 2. The van der Waals surface area contributed by atoms with Gasteiger partial charge in [0.25, 0.3) is 5.91 Å². The third-order valence-corrected chi connectivity index (χ3v) is 3.80. The zero-order valence-electron chi connectivity index (χ0n) is 9.81. The number of imidazole rings is 1. The van der Waals surface area contributed by atoms with Gasteiger partial charge in [0, 0.05) is 22.5 Å². The van der Waals surface area contributed by atoms with Gasteiger partial charge in [-0.1, -0.05) is 6.07 Å². The summed E-state index contributed by atoms with van der Waals surface area (Å²) in [5.74, 6) is 0.150. The number of fused-ring (bicyclic) bond motifs is 1. The van der Waals surface area contributed by atoms with E-state index in [-0.39, 0.29) is 11.7 Å². The monoisotopic (exact) mass is 275 g/mol. The predicted octanol–water partition coefficient (Wildman–Crippen LogP) is 2.69. The van der Waals surface area contributed by atoms with Gasteiger partial charge in [0.1, 0.15) is 11.6 Å². The first-order valence-corrected chi connectivity index (χ1v) is 6.50. The minimum Gasteiger partial charge on any atom is -0.347 e. The molecule has 4 nitrogen and oxygen atoms in total. The Labute approximate surface area is 112 Å². The Morgan fingerprint density at radius 3 is 3.11 bits per heavy atom. The summed E-state index contributed by atoms with van der Waals surface area (Å²) in [6, 6.07) is 6.40. The van der Waals surface area contributed by atoms with Crippen LogP contribution in [0.25, 0.3) is 10.1 Å². The number of halogens is 1. The molecule has 0 saturated carbocycles. The molecule has 0 aliphatic carbocycles. The summed E-state index contributed by atoms with van der Waals surface area (Å²) >= 11 is 1.27. The molecule has 96 valence electrons. The summed E-state index contributed by atoms with van der Waals surface area (Å²) in [5.41, 5.74) is 0. The first kappa shape index (κ1) is 11.9. The number of carbonyl (C=O) groups excluding carboxylic acids is 1. The second-order valence-electron chi connectivity index (χ2n) is 3.98. The lowest BCUT2D eigenvalue weighted by atomic mass is 10.2. The molecule has 0 saturated heterocycles. The molecule has 2 heterocycles. The number of nitrogens with zero attached hydrogens (tertiary/aromatic N) is 1. The molecule has 0 aliphatic heterocycles. The number of carbonyl (C=O) groups is 1. The van der Waals surface area contributed by atoms with Crippen LogP contribution in [0.4, 0.5) is 4.39 Å². The Morgan fingerprint density at radius 2 is 2.37 bits per heavy atom. The molecule has 19 heavy (non-hydrogen) atoms. The van der Waals surface area contributed by atoms with Gasteiger partial charge >= 0.3 is 0 Å². The average Bonchev–Trinajstić information content (AvgIpc) is 3.05. The lowest BCUT2D eigenvalue weighted by Crippen LogP contribution is -2.22. The molecule has 0 bridgehead atoms. The SMILES string of the molecule is O=C(NCc1ncc[nH]1)c1cc2c(F)cccc2s1. The summed E-state index contributed by atoms with van der Waals surface area (Å²) in [6.45, 7) is 0.322. The number of hydrogen-bond acceptors (Lipinski definition) is 3. The summed E-state index contributed by atoms with van der Waals surface area (Å²) in [6.07, 6.45) is 3.31. The minimum atomic E-state index is -0.307. The van der Waals surface area contributed by atoms with Crippen molar-refractivity contribution in [2.75, 3.05) is 0 Å². The van der Waals surface area contributed by atoms with Gasteiger partial charge in [-0.05, 0) is 18.2 Å². The van der Waals surface area contributed by atoms with Crippen molar-refractivity contribution in [1.82, 2.24) is 15.3 Å². The topological polar surface area (TPSA) is 57.8 Å². The van der Waals surface area contributed by atoms with Crippen LogP contribution < -0.4 is 5.32 Å². The fraction of sp³-hybridized carbons (Fsp3) is 0.0769. The van der Waals surface area contributed by atoms with E-state index in [1.807, 2.05) is 0 Å². The molecular weight excluding hydrogens is 265 g/mol. The fourth-order valence-corrected chi connectivity index (χ4v) is 2.77. The van der Waals surface area contributed by atoms with Gasteiger partial charge < -0.3 is 10.3 Å². The van der Waals surface area contributed by atoms with Crippen LogP contribution in [0.2, 0.25) is 0 Å². The zero-order chi connectivity index (χ0) is 13.2. The number of amides is 1. The molecule has 6 heteroatoms. The van der Waals surface area contributed by atoms with Crippen molar-refractivity contribution in [3.63, 3.8) is 0 Å². The van der Waals surface area contributed by atoms with Crippen LogP contribution in [0.5, 0.6) is 0 Å². The highest BCUT2D eigenvalue weighted by molar-refractivity contribution is 7.20. The number of benzene rings is 1. The van der Waals surface area contributed by atoms with E-state index >= 15 is 0 Å². The van der Waals surface area contributed by atoms with E-state index in [0.29, 0.717) is 22.6 Å². The maximum atomic E-state index is 13.5. The second-order valence-corrected chi connectivity index (χ2v) is 5.06. The van der Waals surface area contributed by atoms with Gasteiger partial charge in [0.05, 0.1) is 11.4 Å². The quantitative estimate of drug-likeness (QED) is 0.772. The number of nitrogens with one attached hydrogen (secondary N) is 2. The van der Waals surface area contributed by atoms with E-state index in [0.717, 1.165) is 4.70 Å². The predicted molar refractivity (Wildman–Crippen MR) is 71.5 cm³/mol. The van der Waals surface area contributed by atoms with E-state index in [4.69, 9.17) is 0 Å². The third-order valence-electron chi connectivity index (χ3n) is 2.70. The fourth-order valence-electron chi connectivity index (χ4n) is 1.78. The Hall–Kier alpha value is -2.21. The van der Waals surface area contributed by atoms with Crippen molar-refractivity contribution in [2.45, 2.75) is 6.54 Å². The van der Waals surface area contributed by atoms with Gasteiger partial charge in [-0.2, -0.15) is 0 Å². The second kappa shape index (κ2) is 4.81. The van der Waals surface area contributed by atoms with E-state index in [2.05, 4.69) is 15.3 Å². The van der Waals surface area contributed by atoms with E-state index < -0.39 is 0 Å². The standard InChI is InChI=1S/C13H10FN3OS/c14-9-2-1-3-10-8(9)6-11(19-10)13(18)17-7-12-15-4-5-16-12/h1-6H,7H2,(H,15,16)(H,17,18). The van der Waals surface area contributed by atoms with E-state index in [1.165, 1.54) is 17.4 Å². The molecule has 0 atom stereocenters. The van der Waals surface area contributed by atoms with Crippen LogP contribution in [0.1, 0.15) is 15.5 Å². The van der Waals surface area contributed by atoms with Crippen LogP contribution in [-0.4, -0.2) is 15.9 Å². The average molecular weight is 275 g/mol. The first-order chi connectivity index (χ1) is 9.24. The van der Waals surface area contributed by atoms with Crippen LogP contribution >= 0.6 is 11.3 Å². The number of thiophene rings is 1. The lowest BCUT2D eigenvalue weighted by molar-refractivity contribution is 0.0954. The number of H-pyrrole nitrogens is 1. The molecule has 3 rings (SSSR count). The van der Waals surface area contributed by atoms with Crippen LogP contribution in [-0.2, 0) is 6.54 Å². The van der Waals surface area contributed by atoms with Crippen molar-refractivity contribution in [3.8, 4) is 0 Å². The summed E-state index contributed by atoms with van der Waals surface area (Å²) in [7, 11) is 0. The van der Waals surface area contributed by atoms with Gasteiger partial charge in [0.2, 0.25) is 0 Å². The highest BCUT2D eigenvalue weighted by Gasteiger charge is 2.12. The molecule has 2 N–H and O–H groups in total. The van der Waals surface area contributed by atoms with Crippen molar-refractivity contribution in [3.05, 3.63) is 53.2 Å². The number of rotatable bonds is 3. The van der Waals surface area contributed by atoms with Gasteiger partial charge in [-0.15, -0.1) is 11.3 Å². The van der Waals surface area contributed by atoms with Gasteiger partial charge in [-0.3, -0.25) is 4.79 Å². The summed E-state index contributed by atoms with van der Waals surface area (Å²) in [5, 5.41) is 3.22. The highest BCUT2D eigenvalue weighted by atomic mass is 32.1. The van der Waals surface area contributed by atoms with E-state index in [1.54, 1.807) is 30.6 Å². The molecule has 0 unspecified atom stereocenters. The first-order valence-electron chi connectivity index (χ1n) is 5.68. The molecule has 2 aromatic heterocycles. The molecule has 0 radical (unpaired) electrons. The number of hydrogen-bond donors (Lipinski definition) is 2. The van der Waals surface area contributed by atoms with Crippen molar-refractivity contribution >= 4 is 27.3 Å². The Balaban J connectivity index is 1.80. The maximum Gasteiger partial charge on any atom is 0.261 e. The lowest BCUT2D eigenvalue weighted by Gasteiger charge is -1.99. The third kappa shape index (κ3) is 2.34. The molecule has 0 aliphatic rings. The summed E-state index contributed by atoms with van der Waals surface area (Å²) in [4.78, 5) is 19.4. The van der Waals surface area contributed by atoms with Crippen LogP contribution in [0.15, 0.2) is 36.7 Å². The van der Waals surface area contributed by atoms with Crippen molar-refractivity contribution in [2.24, 2.45) is 0 Å². The molecule has 0 fully saturated rings. The largest absolute Gasteiger partial charge is 0.347 e. The Morgan fingerprint density at radius 1 is 1.47 bits per heavy atom. The van der Waals surface area contributed by atoms with Crippen LogP contribution in [0.3, 0.4) is 0 Å². The molecular formula is C13H10FN3OS. The molecule has 1 aromatic carbocycles. The normalized spacial score (nSPS) is 10.8. The smallest absolute Gasteiger partial charge is 0.261 e. The number of aromatic amines is 1. The zero-order valence-corrected chi connectivity index (χ0v) is 10.6.